The summed E-state index contributed by atoms with van der Waals surface area (Å²) in [5, 5.41) is 15.6. The van der Waals surface area contributed by atoms with Gasteiger partial charge in [0.2, 0.25) is 0 Å². The van der Waals surface area contributed by atoms with Crippen molar-refractivity contribution in [2.24, 2.45) is 0 Å². The fourth-order valence-electron chi connectivity index (χ4n) is 2.77. The average molecular weight is 328 g/mol. The molecule has 0 radical (unpaired) electrons. The largest absolute Gasteiger partial charge is 0.396 e. The fourth-order valence-corrected chi connectivity index (χ4v) is 2.77. The van der Waals surface area contributed by atoms with E-state index in [1.54, 1.807) is 4.90 Å². The summed E-state index contributed by atoms with van der Waals surface area (Å²) in [4.78, 5) is 26.5. The van der Waals surface area contributed by atoms with Crippen LogP contribution in [-0.2, 0) is 13.0 Å². The van der Waals surface area contributed by atoms with Crippen LogP contribution in [-0.4, -0.2) is 51.4 Å². The molecule has 2 amide bonds. The van der Waals surface area contributed by atoms with Crippen LogP contribution in [0, 0.1) is 0 Å². The van der Waals surface area contributed by atoms with Gasteiger partial charge in [-0.1, -0.05) is 30.3 Å². The monoisotopic (exact) mass is 328 g/mol. The first-order valence-corrected chi connectivity index (χ1v) is 8.00. The van der Waals surface area contributed by atoms with Crippen molar-refractivity contribution >= 4 is 11.9 Å². The molecule has 1 aliphatic heterocycles. The van der Waals surface area contributed by atoms with Crippen LogP contribution in [0.15, 0.2) is 36.5 Å². The predicted octanol–water partition coefficient (Wildman–Crippen LogP) is 1.02. The smallest absolute Gasteiger partial charge is 0.345 e. The Hall–Kier alpha value is -2.67. The van der Waals surface area contributed by atoms with Crippen LogP contribution in [0.25, 0.3) is 0 Å². The third-order valence-corrected chi connectivity index (χ3v) is 4.02. The quantitative estimate of drug-likeness (QED) is 0.775. The van der Waals surface area contributed by atoms with Gasteiger partial charge in [-0.25, -0.2) is 4.79 Å². The highest BCUT2D eigenvalue weighted by Gasteiger charge is 2.29. The zero-order chi connectivity index (χ0) is 16.9. The van der Waals surface area contributed by atoms with Gasteiger partial charge in [-0.15, -0.1) is 0 Å². The lowest BCUT2D eigenvalue weighted by atomic mass is 10.1. The molecule has 7 nitrogen and oxygen atoms in total. The van der Waals surface area contributed by atoms with Crippen molar-refractivity contribution in [2.45, 2.75) is 19.4 Å². The molecule has 2 heterocycles. The Bertz CT molecular complexity index is 727. The van der Waals surface area contributed by atoms with Crippen LogP contribution < -0.4 is 5.32 Å². The third-order valence-electron chi connectivity index (χ3n) is 4.02. The molecule has 24 heavy (non-hydrogen) atoms. The number of amides is 2. The molecule has 7 heteroatoms. The molecule has 126 valence electrons. The summed E-state index contributed by atoms with van der Waals surface area (Å²) in [5.74, 6) is -0.256. The molecule has 3 rings (SSSR count). The van der Waals surface area contributed by atoms with Crippen LogP contribution in [0.5, 0.6) is 0 Å². The Kier molecular flexibility index (Phi) is 4.90. The van der Waals surface area contributed by atoms with E-state index in [9.17, 15) is 9.59 Å². The molecule has 0 fully saturated rings. The zero-order valence-corrected chi connectivity index (χ0v) is 13.3. The van der Waals surface area contributed by atoms with Crippen molar-refractivity contribution in [1.29, 1.82) is 0 Å². The van der Waals surface area contributed by atoms with Crippen molar-refractivity contribution < 1.29 is 14.7 Å². The average Bonchev–Trinajstić information content (AvgIpc) is 3.03. The molecule has 1 aromatic heterocycles. The van der Waals surface area contributed by atoms with Gasteiger partial charge < -0.3 is 15.3 Å². The number of carbonyl (C=O) groups is 2. The van der Waals surface area contributed by atoms with E-state index in [2.05, 4.69) is 10.4 Å². The summed E-state index contributed by atoms with van der Waals surface area (Å²) >= 11 is 0. The molecule has 2 N–H and O–H groups in total. The van der Waals surface area contributed by atoms with Gasteiger partial charge in [0, 0.05) is 32.7 Å². The molecule has 1 aromatic carbocycles. The molecule has 0 saturated heterocycles. The normalized spacial score (nSPS) is 13.7. The first-order valence-electron chi connectivity index (χ1n) is 8.00. The van der Waals surface area contributed by atoms with Crippen molar-refractivity contribution in [2.75, 3.05) is 19.7 Å². The van der Waals surface area contributed by atoms with Crippen molar-refractivity contribution in [3.63, 3.8) is 0 Å². The molecular formula is C17H20N4O3. The van der Waals surface area contributed by atoms with Crippen molar-refractivity contribution in [3.05, 3.63) is 53.3 Å². The number of rotatable bonds is 6. The number of aliphatic hydroxyl groups excluding tert-OH is 1. The molecule has 0 saturated carbocycles. The van der Waals surface area contributed by atoms with E-state index in [0.717, 1.165) is 5.56 Å². The van der Waals surface area contributed by atoms with Gasteiger partial charge in [-0.3, -0.25) is 4.79 Å². The summed E-state index contributed by atoms with van der Waals surface area (Å²) in [6.45, 7) is 1.50. The SMILES string of the molecule is O=C(NCCCO)c1cnn2c1CCN(Cc1ccccc1)C2=O. The number of aliphatic hydroxyl groups is 1. The number of benzene rings is 1. The Balaban J connectivity index is 1.72. The highest BCUT2D eigenvalue weighted by atomic mass is 16.3. The van der Waals surface area contributed by atoms with E-state index >= 15 is 0 Å². The molecule has 2 aromatic rings. The van der Waals surface area contributed by atoms with Crippen LogP contribution in [0.3, 0.4) is 0 Å². The third kappa shape index (κ3) is 3.30. The van der Waals surface area contributed by atoms with E-state index in [1.807, 2.05) is 30.3 Å². The molecule has 0 unspecified atom stereocenters. The highest BCUT2D eigenvalue weighted by Crippen LogP contribution is 2.18. The van der Waals surface area contributed by atoms with E-state index < -0.39 is 0 Å². The zero-order valence-electron chi connectivity index (χ0n) is 13.3. The number of fused-ring (bicyclic) bond motifs is 1. The minimum Gasteiger partial charge on any atom is -0.396 e. The van der Waals surface area contributed by atoms with Gasteiger partial charge in [0.1, 0.15) is 0 Å². The number of hydrogen-bond acceptors (Lipinski definition) is 4. The Morgan fingerprint density at radius 1 is 1.29 bits per heavy atom. The second-order valence-corrected chi connectivity index (χ2v) is 5.69. The van der Waals surface area contributed by atoms with Crippen molar-refractivity contribution in [3.8, 4) is 0 Å². The second kappa shape index (κ2) is 7.27. The van der Waals surface area contributed by atoms with E-state index in [0.29, 0.717) is 43.7 Å². The maximum absolute atomic E-state index is 12.6. The number of carbonyl (C=O) groups excluding carboxylic acids is 2. The van der Waals surface area contributed by atoms with E-state index in [4.69, 9.17) is 5.11 Å². The highest BCUT2D eigenvalue weighted by molar-refractivity contribution is 5.96. The van der Waals surface area contributed by atoms with E-state index in [-0.39, 0.29) is 18.5 Å². The lowest BCUT2D eigenvalue weighted by Gasteiger charge is -2.27. The number of hydrogen-bond donors (Lipinski definition) is 2. The van der Waals surface area contributed by atoms with Crippen LogP contribution in [0.1, 0.15) is 28.0 Å². The number of aromatic nitrogens is 2. The number of nitrogens with zero attached hydrogens (tertiary/aromatic N) is 3. The summed E-state index contributed by atoms with van der Waals surface area (Å²) in [7, 11) is 0. The minimum absolute atomic E-state index is 0.0271. The van der Waals surface area contributed by atoms with Crippen molar-refractivity contribution in [1.82, 2.24) is 20.0 Å². The molecule has 0 aliphatic carbocycles. The predicted molar refractivity (Wildman–Crippen MR) is 87.6 cm³/mol. The molecule has 0 bridgehead atoms. The lowest BCUT2D eigenvalue weighted by Crippen LogP contribution is -2.42. The summed E-state index contributed by atoms with van der Waals surface area (Å²) in [5.41, 5.74) is 2.13. The second-order valence-electron chi connectivity index (χ2n) is 5.69. The molecule has 1 aliphatic rings. The van der Waals surface area contributed by atoms with Crippen LogP contribution in [0.2, 0.25) is 0 Å². The molecular weight excluding hydrogens is 308 g/mol. The Morgan fingerprint density at radius 2 is 2.08 bits per heavy atom. The van der Waals surface area contributed by atoms with Crippen LogP contribution in [0.4, 0.5) is 4.79 Å². The first kappa shape index (κ1) is 16.2. The van der Waals surface area contributed by atoms with Gasteiger partial charge in [-0.2, -0.15) is 9.78 Å². The summed E-state index contributed by atoms with van der Waals surface area (Å²) in [6, 6.07) is 9.57. The molecule has 0 atom stereocenters. The minimum atomic E-state index is -0.256. The van der Waals surface area contributed by atoms with Crippen LogP contribution >= 0.6 is 0 Å². The number of nitrogens with one attached hydrogen (secondary N) is 1. The maximum atomic E-state index is 12.6. The van der Waals surface area contributed by atoms with Gasteiger partial charge in [0.15, 0.2) is 0 Å². The summed E-state index contributed by atoms with van der Waals surface area (Å²) in [6.07, 6.45) is 2.52. The van der Waals surface area contributed by atoms with Gasteiger partial charge in [0.25, 0.3) is 5.91 Å². The fraction of sp³-hybridized carbons (Fsp3) is 0.353. The van der Waals surface area contributed by atoms with E-state index in [1.165, 1.54) is 10.9 Å². The molecule has 0 spiro atoms. The van der Waals surface area contributed by atoms with Gasteiger partial charge in [-0.05, 0) is 12.0 Å². The lowest BCUT2D eigenvalue weighted by molar-refractivity contribution is 0.0949. The Morgan fingerprint density at radius 3 is 2.83 bits per heavy atom. The Labute approximate surface area is 139 Å². The first-order chi connectivity index (χ1) is 11.7. The maximum Gasteiger partial charge on any atom is 0.345 e. The van der Waals surface area contributed by atoms with Gasteiger partial charge >= 0.3 is 6.03 Å². The standard InChI is InChI=1S/C17H20N4O3/c22-10-4-8-18-16(23)14-11-19-21-15(14)7-9-20(17(21)24)12-13-5-2-1-3-6-13/h1-3,5-6,11,22H,4,7-10,12H2,(H,18,23). The topological polar surface area (TPSA) is 87.5 Å². The summed E-state index contributed by atoms with van der Waals surface area (Å²) < 4.78 is 1.31. The van der Waals surface area contributed by atoms with Gasteiger partial charge in [0.05, 0.1) is 17.5 Å².